The number of rotatable bonds is 8. The van der Waals surface area contributed by atoms with Gasteiger partial charge in [0.15, 0.2) is 0 Å². The molecule has 0 bridgehead atoms. The maximum absolute atomic E-state index is 2.75. The van der Waals surface area contributed by atoms with Crippen molar-refractivity contribution in [2.24, 2.45) is 0 Å². The summed E-state index contributed by atoms with van der Waals surface area (Å²) < 4.78 is 5.50. The Kier molecular flexibility index (Phi) is 7.48. The minimum Gasteiger partial charge on any atom is -0.312 e. The average molecular weight is 230 g/mol. The predicted molar refractivity (Wildman–Crippen MR) is 72.6 cm³/mol. The quantitative estimate of drug-likeness (QED) is 0.591. The van der Waals surface area contributed by atoms with Gasteiger partial charge in [0.1, 0.15) is 0 Å². The Morgan fingerprint density at radius 3 is 1.00 bits per heavy atom. The molecule has 0 aliphatic rings. The predicted octanol–water partition coefficient (Wildman–Crippen LogP) is 3.15. The van der Waals surface area contributed by atoms with Gasteiger partial charge in [-0.3, -0.25) is 0 Å². The van der Waals surface area contributed by atoms with Crippen LogP contribution >= 0.6 is 0 Å². The molecular formula is C12H30N2Si. The Bertz CT molecular complexity index is 136. The summed E-state index contributed by atoms with van der Waals surface area (Å²) >= 11 is 0. The Labute approximate surface area is 97.8 Å². The molecule has 0 spiro atoms. The fourth-order valence-electron chi connectivity index (χ4n) is 2.97. The zero-order chi connectivity index (χ0) is 11.9. The highest BCUT2D eigenvalue weighted by atomic mass is 28.3. The van der Waals surface area contributed by atoms with Crippen molar-refractivity contribution in [3.05, 3.63) is 0 Å². The smallest absolute Gasteiger partial charge is 0.206 e. The highest BCUT2D eigenvalue weighted by Crippen LogP contribution is 2.24. The molecule has 92 valence electrons. The molecule has 0 unspecified atom stereocenters. The van der Waals surface area contributed by atoms with E-state index in [2.05, 4.69) is 50.7 Å². The van der Waals surface area contributed by atoms with Gasteiger partial charge in [-0.25, -0.2) is 0 Å². The molecule has 0 amide bonds. The number of hydrogen-bond donors (Lipinski definition) is 0. The zero-order valence-electron chi connectivity index (χ0n) is 11.6. The molecule has 0 aromatic heterocycles. The molecule has 2 nitrogen and oxygen atoms in total. The topological polar surface area (TPSA) is 6.48 Å². The Morgan fingerprint density at radius 2 is 0.867 bits per heavy atom. The van der Waals surface area contributed by atoms with E-state index in [0.717, 1.165) is 0 Å². The van der Waals surface area contributed by atoms with E-state index in [9.17, 15) is 0 Å². The molecule has 0 rings (SSSR count). The highest BCUT2D eigenvalue weighted by Gasteiger charge is 2.39. The molecule has 3 heteroatoms. The van der Waals surface area contributed by atoms with E-state index in [-0.39, 0.29) is 0 Å². The summed E-state index contributed by atoms with van der Waals surface area (Å²) in [5.41, 5.74) is 0. The number of nitrogens with zero attached hydrogens (tertiary/aromatic N) is 2. The number of hydrogen-bond acceptors (Lipinski definition) is 2. The maximum Gasteiger partial charge on any atom is 0.206 e. The normalized spacial score (nSPS) is 12.8. The summed E-state index contributed by atoms with van der Waals surface area (Å²) in [6.45, 7) is 18.8. The minimum atomic E-state index is -1.34. The van der Waals surface area contributed by atoms with E-state index in [1.165, 1.54) is 38.3 Å². The van der Waals surface area contributed by atoms with Gasteiger partial charge in [0.25, 0.3) is 0 Å². The summed E-state index contributed by atoms with van der Waals surface area (Å²) in [5, 5.41) is 0. The third-order valence-electron chi connectivity index (χ3n) is 3.84. The van der Waals surface area contributed by atoms with E-state index >= 15 is 0 Å². The Balaban J connectivity index is 4.98. The fourth-order valence-corrected chi connectivity index (χ4v) is 8.01. The molecule has 0 saturated carbocycles. The van der Waals surface area contributed by atoms with Crippen LogP contribution in [0.5, 0.6) is 0 Å². The van der Waals surface area contributed by atoms with Gasteiger partial charge in [0.05, 0.1) is 0 Å². The van der Waals surface area contributed by atoms with Crippen LogP contribution in [0.3, 0.4) is 0 Å². The van der Waals surface area contributed by atoms with Crippen LogP contribution < -0.4 is 0 Å². The van der Waals surface area contributed by atoms with Crippen molar-refractivity contribution < 1.29 is 0 Å². The van der Waals surface area contributed by atoms with Crippen molar-refractivity contribution in [2.45, 2.75) is 53.6 Å². The van der Waals surface area contributed by atoms with Crippen molar-refractivity contribution >= 4 is 8.40 Å². The van der Waals surface area contributed by atoms with Crippen molar-refractivity contribution in [1.29, 1.82) is 0 Å². The third kappa shape index (κ3) is 3.05. The van der Waals surface area contributed by atoms with Crippen molar-refractivity contribution in [3.8, 4) is 0 Å². The van der Waals surface area contributed by atoms with E-state index < -0.39 is 8.40 Å². The maximum atomic E-state index is 2.75. The standard InChI is InChI=1S/C12H30N2Si/c1-7-13(8-2)15(11-5,12-6)14(9-3)10-4/h7-12H2,1-6H3. The first-order valence-electron chi connectivity index (χ1n) is 6.66. The lowest BCUT2D eigenvalue weighted by Crippen LogP contribution is -2.64. The van der Waals surface area contributed by atoms with Crippen molar-refractivity contribution in [3.63, 3.8) is 0 Å². The first kappa shape index (κ1) is 15.1. The van der Waals surface area contributed by atoms with Gasteiger partial charge in [0.2, 0.25) is 8.40 Å². The summed E-state index contributed by atoms with van der Waals surface area (Å²) in [4.78, 5) is 0. The third-order valence-corrected chi connectivity index (χ3v) is 9.72. The molecule has 0 aliphatic heterocycles. The molecule has 0 N–H and O–H groups in total. The molecule has 0 radical (unpaired) electrons. The van der Waals surface area contributed by atoms with Gasteiger partial charge < -0.3 is 9.13 Å². The second kappa shape index (κ2) is 7.42. The van der Waals surface area contributed by atoms with Crippen LogP contribution in [0.2, 0.25) is 12.1 Å². The Morgan fingerprint density at radius 1 is 0.600 bits per heavy atom. The second-order valence-corrected chi connectivity index (χ2v) is 8.68. The summed E-state index contributed by atoms with van der Waals surface area (Å²) in [6.07, 6.45) is 0. The van der Waals surface area contributed by atoms with Gasteiger partial charge >= 0.3 is 0 Å². The molecular weight excluding hydrogens is 200 g/mol. The largest absolute Gasteiger partial charge is 0.312 e. The lowest BCUT2D eigenvalue weighted by molar-refractivity contribution is 0.349. The van der Waals surface area contributed by atoms with E-state index in [0.29, 0.717) is 0 Å². The lowest BCUT2D eigenvalue weighted by Gasteiger charge is -2.47. The Hall–Kier alpha value is 0.137. The van der Waals surface area contributed by atoms with Gasteiger partial charge in [-0.2, -0.15) is 0 Å². The molecule has 0 atom stereocenters. The molecule has 0 aliphatic carbocycles. The average Bonchev–Trinajstić information content (AvgIpc) is 2.29. The van der Waals surface area contributed by atoms with Crippen LogP contribution in [-0.2, 0) is 0 Å². The van der Waals surface area contributed by atoms with Gasteiger partial charge in [-0.15, -0.1) is 0 Å². The summed E-state index contributed by atoms with van der Waals surface area (Å²) in [5.74, 6) is 0. The summed E-state index contributed by atoms with van der Waals surface area (Å²) in [6, 6.07) is 2.71. The van der Waals surface area contributed by atoms with Gasteiger partial charge in [-0.1, -0.05) is 41.5 Å². The summed E-state index contributed by atoms with van der Waals surface area (Å²) in [7, 11) is -1.34. The zero-order valence-corrected chi connectivity index (χ0v) is 12.6. The van der Waals surface area contributed by atoms with E-state index in [1.54, 1.807) is 0 Å². The molecule has 0 aromatic rings. The van der Waals surface area contributed by atoms with Crippen molar-refractivity contribution in [2.75, 3.05) is 26.2 Å². The van der Waals surface area contributed by atoms with Crippen LogP contribution in [0.1, 0.15) is 41.5 Å². The molecule has 0 saturated heterocycles. The first-order valence-corrected chi connectivity index (χ1v) is 8.97. The van der Waals surface area contributed by atoms with Crippen LogP contribution in [0.15, 0.2) is 0 Å². The first-order chi connectivity index (χ1) is 7.16. The monoisotopic (exact) mass is 230 g/mol. The van der Waals surface area contributed by atoms with Crippen LogP contribution in [0.4, 0.5) is 0 Å². The SMILES string of the molecule is CCN(CC)[Si](CC)(CC)N(CC)CC. The molecule has 0 aromatic carbocycles. The minimum absolute atomic E-state index is 1.21. The van der Waals surface area contributed by atoms with Crippen LogP contribution in [0, 0.1) is 0 Å². The van der Waals surface area contributed by atoms with Gasteiger partial charge in [0, 0.05) is 0 Å². The fraction of sp³-hybridized carbons (Fsp3) is 1.00. The molecule has 0 fully saturated rings. The van der Waals surface area contributed by atoms with Crippen molar-refractivity contribution in [1.82, 2.24) is 9.13 Å². The van der Waals surface area contributed by atoms with Crippen LogP contribution in [0.25, 0.3) is 0 Å². The molecule has 0 heterocycles. The lowest BCUT2D eigenvalue weighted by atomic mass is 10.7. The highest BCUT2D eigenvalue weighted by molar-refractivity contribution is 6.74. The van der Waals surface area contributed by atoms with Gasteiger partial charge in [-0.05, 0) is 38.3 Å². The second-order valence-electron chi connectivity index (χ2n) is 4.03. The van der Waals surface area contributed by atoms with E-state index in [1.807, 2.05) is 0 Å². The van der Waals surface area contributed by atoms with E-state index in [4.69, 9.17) is 0 Å². The van der Waals surface area contributed by atoms with Crippen LogP contribution in [-0.4, -0.2) is 43.7 Å². The molecule has 15 heavy (non-hydrogen) atoms.